The van der Waals surface area contributed by atoms with Crippen LogP contribution in [0.2, 0.25) is 0 Å². The third-order valence-electron chi connectivity index (χ3n) is 8.44. The Morgan fingerprint density at radius 2 is 0.757 bits per heavy atom. The largest absolute Gasteiger partial charge is 0.745 e. The van der Waals surface area contributed by atoms with Crippen molar-refractivity contribution in [1.29, 1.82) is 0 Å². The quantitative estimate of drug-likeness (QED) is 0.0644. The monoisotopic (exact) mass is 551 g/mol. The molecule has 0 spiro atoms. The Bertz CT molecular complexity index is 563. The van der Waals surface area contributed by atoms with Gasteiger partial charge in [-0.2, -0.15) is 0 Å². The summed E-state index contributed by atoms with van der Waals surface area (Å²) in [5.41, 5.74) is 0. The van der Waals surface area contributed by atoms with Crippen molar-refractivity contribution in [2.24, 2.45) is 0 Å². The molecule has 1 atom stereocenters. The number of rotatable bonds is 25. The van der Waals surface area contributed by atoms with E-state index in [2.05, 4.69) is 41.5 Å². The molecule has 6 heteroatoms. The van der Waals surface area contributed by atoms with E-state index in [-0.39, 0.29) is 12.8 Å². The third-order valence-corrected chi connectivity index (χ3v) is 9.74. The number of hydrogen-bond donors (Lipinski definition) is 0. The van der Waals surface area contributed by atoms with Gasteiger partial charge >= 0.3 is 0 Å². The molecule has 0 radical (unpaired) electrons. The molecule has 0 N–H and O–H groups in total. The average molecular weight is 552 g/mol. The molecule has 0 aliphatic heterocycles. The molecule has 0 rings (SSSR count). The average Bonchev–Trinajstić information content (AvgIpc) is 2.88. The second kappa shape index (κ2) is 24.8. The molecule has 4 nitrogen and oxygen atoms in total. The van der Waals surface area contributed by atoms with E-state index in [0.29, 0.717) is 12.8 Å². The van der Waals surface area contributed by atoms with E-state index in [0.717, 1.165) is 51.4 Å². The minimum atomic E-state index is -4.89. The Morgan fingerprint density at radius 1 is 0.514 bits per heavy atom. The van der Waals surface area contributed by atoms with Crippen LogP contribution in [-0.2, 0) is 10.1 Å². The van der Waals surface area contributed by atoms with E-state index in [1.54, 1.807) is 0 Å². The van der Waals surface area contributed by atoms with Crippen molar-refractivity contribution in [2.75, 3.05) is 26.2 Å². The van der Waals surface area contributed by atoms with Crippen LogP contribution in [-0.4, -0.2) is 48.6 Å². The summed E-state index contributed by atoms with van der Waals surface area (Å²) in [5, 5.41) is -2.56. The first-order valence-electron chi connectivity index (χ1n) is 16.1. The van der Waals surface area contributed by atoms with Gasteiger partial charge in [-0.25, -0.2) is 12.8 Å². The van der Waals surface area contributed by atoms with Gasteiger partial charge in [-0.1, -0.05) is 117 Å². The summed E-state index contributed by atoms with van der Waals surface area (Å²) in [6.07, 6.45) is 19.2. The van der Waals surface area contributed by atoms with E-state index in [1.807, 2.05) is 0 Å². The second-order valence-electron chi connectivity index (χ2n) is 11.1. The minimum absolute atomic E-state index is 0.134. The first-order chi connectivity index (χ1) is 17.6. The molecular formula is C31H66FNO3S. The van der Waals surface area contributed by atoms with Gasteiger partial charge in [-0.05, 0) is 53.4 Å². The molecule has 0 bridgehead atoms. The molecule has 0 fully saturated rings. The zero-order chi connectivity index (χ0) is 28.5. The smallest absolute Gasteiger partial charge is 0.199 e. The molecule has 1 unspecified atom stereocenters. The van der Waals surface area contributed by atoms with Gasteiger partial charge in [-0.3, -0.25) is 0 Å². The van der Waals surface area contributed by atoms with Crippen molar-refractivity contribution in [3.05, 3.63) is 0 Å². The number of quaternary nitrogens is 1. The Morgan fingerprint density at radius 3 is 0.946 bits per heavy atom. The van der Waals surface area contributed by atoms with E-state index in [1.165, 1.54) is 82.0 Å². The fourth-order valence-corrected chi connectivity index (χ4v) is 5.90. The van der Waals surface area contributed by atoms with Gasteiger partial charge in [0.1, 0.15) is 10.1 Å². The number of halogens is 1. The van der Waals surface area contributed by atoms with Crippen molar-refractivity contribution in [2.45, 2.75) is 175 Å². The first-order valence-corrected chi connectivity index (χ1v) is 17.5. The van der Waals surface area contributed by atoms with Gasteiger partial charge in [0.15, 0.2) is 5.00 Å². The van der Waals surface area contributed by atoms with Crippen molar-refractivity contribution >= 4 is 10.1 Å². The number of nitrogens with zero attached hydrogens (tertiary/aromatic N) is 1. The molecule has 0 saturated heterocycles. The summed E-state index contributed by atoms with van der Waals surface area (Å²) in [6.45, 7) is 18.6. The van der Waals surface area contributed by atoms with E-state index in [4.69, 9.17) is 0 Å². The van der Waals surface area contributed by atoms with Crippen LogP contribution in [0, 0.1) is 0 Å². The SMILES string of the molecule is CCCCCCCCCCCCCCC(F)(CCCCCCCC)S(=O)(=O)[O-].CC[N+](CC)(CC)CC. The molecule has 0 saturated carbocycles. The fourth-order valence-electron chi connectivity index (χ4n) is 5.12. The molecule has 0 amide bonds. The third kappa shape index (κ3) is 20.4. The maximum Gasteiger partial charge on any atom is 0.199 e. The Hall–Kier alpha value is -0.200. The van der Waals surface area contributed by atoms with Crippen molar-refractivity contribution in [1.82, 2.24) is 0 Å². The van der Waals surface area contributed by atoms with Crippen LogP contribution in [0.3, 0.4) is 0 Å². The lowest BCUT2D eigenvalue weighted by molar-refractivity contribution is -0.921. The standard InChI is InChI=1S/C23H47FO3S.C8H20N/c1-3-5-7-9-11-12-13-14-15-16-18-20-22-23(24,28(25,26)27)21-19-17-10-8-6-4-2;1-5-9(6-2,7-3)8-4/h3-22H2,1-2H3,(H,25,26,27);5-8H2,1-4H3/q;+1/p-1. The van der Waals surface area contributed by atoms with Crippen molar-refractivity contribution in [3.63, 3.8) is 0 Å². The first kappa shape index (κ1) is 38.9. The Labute approximate surface area is 232 Å². The molecule has 37 heavy (non-hydrogen) atoms. The minimum Gasteiger partial charge on any atom is -0.745 e. The Balaban J connectivity index is 0. The molecule has 0 aromatic heterocycles. The summed E-state index contributed by atoms with van der Waals surface area (Å²) >= 11 is 0. The van der Waals surface area contributed by atoms with Crippen LogP contribution in [0.1, 0.15) is 170 Å². The van der Waals surface area contributed by atoms with Gasteiger partial charge in [0.2, 0.25) is 0 Å². The lowest BCUT2D eigenvalue weighted by Crippen LogP contribution is -2.47. The molecule has 0 aromatic rings. The Kier molecular flexibility index (Phi) is 26.1. The topological polar surface area (TPSA) is 57.2 Å². The highest BCUT2D eigenvalue weighted by Gasteiger charge is 2.36. The second-order valence-corrected chi connectivity index (χ2v) is 12.7. The van der Waals surface area contributed by atoms with E-state index < -0.39 is 15.1 Å². The maximum absolute atomic E-state index is 14.8. The predicted octanol–water partition coefficient (Wildman–Crippen LogP) is 9.92. The van der Waals surface area contributed by atoms with Gasteiger partial charge < -0.3 is 9.04 Å². The highest BCUT2D eigenvalue weighted by molar-refractivity contribution is 7.87. The van der Waals surface area contributed by atoms with Gasteiger partial charge in [0.05, 0.1) is 26.2 Å². The molecule has 0 heterocycles. The highest BCUT2D eigenvalue weighted by Crippen LogP contribution is 2.32. The lowest BCUT2D eigenvalue weighted by Gasteiger charge is -2.34. The zero-order valence-corrected chi connectivity index (χ0v) is 26.7. The van der Waals surface area contributed by atoms with Gasteiger partial charge in [0.25, 0.3) is 0 Å². The van der Waals surface area contributed by atoms with Crippen molar-refractivity contribution < 1.29 is 21.8 Å². The van der Waals surface area contributed by atoms with E-state index in [9.17, 15) is 17.4 Å². The highest BCUT2D eigenvalue weighted by atomic mass is 32.2. The normalized spacial score (nSPS) is 13.7. The molecule has 0 aliphatic rings. The van der Waals surface area contributed by atoms with Crippen LogP contribution in [0.5, 0.6) is 0 Å². The van der Waals surface area contributed by atoms with Crippen molar-refractivity contribution in [3.8, 4) is 0 Å². The maximum atomic E-state index is 14.8. The van der Waals surface area contributed by atoms with Crippen LogP contribution < -0.4 is 0 Å². The summed E-state index contributed by atoms with van der Waals surface area (Å²) in [4.78, 5) is 0. The fraction of sp³-hybridized carbons (Fsp3) is 1.00. The van der Waals surface area contributed by atoms with Crippen LogP contribution in [0.25, 0.3) is 0 Å². The van der Waals surface area contributed by atoms with Gasteiger partial charge in [-0.15, -0.1) is 0 Å². The predicted molar refractivity (Wildman–Crippen MR) is 160 cm³/mol. The summed E-state index contributed by atoms with van der Waals surface area (Å²) in [7, 11) is -4.89. The van der Waals surface area contributed by atoms with Gasteiger partial charge in [0, 0.05) is 0 Å². The van der Waals surface area contributed by atoms with E-state index >= 15 is 0 Å². The number of unbranched alkanes of at least 4 members (excludes halogenated alkanes) is 16. The van der Waals surface area contributed by atoms with Crippen LogP contribution in [0.15, 0.2) is 0 Å². The molecule has 226 valence electrons. The van der Waals surface area contributed by atoms with Crippen LogP contribution >= 0.6 is 0 Å². The number of hydrogen-bond acceptors (Lipinski definition) is 3. The molecule has 0 aromatic carbocycles. The number of alkyl halides is 1. The lowest BCUT2D eigenvalue weighted by atomic mass is 10.0. The summed E-state index contributed by atoms with van der Waals surface area (Å²) in [6, 6.07) is 0. The summed E-state index contributed by atoms with van der Waals surface area (Å²) in [5.74, 6) is 0. The molecular weight excluding hydrogens is 485 g/mol. The summed E-state index contributed by atoms with van der Waals surface area (Å²) < 4.78 is 50.3. The van der Waals surface area contributed by atoms with Crippen LogP contribution in [0.4, 0.5) is 4.39 Å². The molecule has 0 aliphatic carbocycles. The zero-order valence-electron chi connectivity index (χ0n) is 25.9.